The molecule has 0 aliphatic heterocycles. The minimum Gasteiger partial charge on any atom is -0.507 e. The van der Waals surface area contributed by atoms with E-state index in [9.17, 15) is 24.9 Å². The summed E-state index contributed by atoms with van der Waals surface area (Å²) in [5.74, 6) is -1.85. The van der Waals surface area contributed by atoms with Crippen LogP contribution in [-0.4, -0.2) is 26.9 Å². The van der Waals surface area contributed by atoms with Gasteiger partial charge >= 0.3 is 0 Å². The van der Waals surface area contributed by atoms with Gasteiger partial charge in [0.05, 0.1) is 17.2 Å². The van der Waals surface area contributed by atoms with Gasteiger partial charge in [-0.2, -0.15) is 0 Å². The monoisotopic (exact) mass is 354 g/mol. The molecular formula is C21H22O5. The average Bonchev–Trinajstić information content (AvgIpc) is 2.64. The van der Waals surface area contributed by atoms with Gasteiger partial charge in [0.2, 0.25) is 0 Å². The van der Waals surface area contributed by atoms with Crippen molar-refractivity contribution < 1.29 is 24.9 Å². The van der Waals surface area contributed by atoms with Crippen LogP contribution < -0.4 is 0 Å². The Morgan fingerprint density at radius 3 is 2.15 bits per heavy atom. The van der Waals surface area contributed by atoms with Crippen LogP contribution in [0.4, 0.5) is 0 Å². The Kier molecular flexibility index (Phi) is 5.09. The lowest BCUT2D eigenvalue weighted by molar-refractivity contribution is 0.0972. The fraction of sp³-hybridized carbons (Fsp3) is 0.333. The number of benzene rings is 2. The number of aliphatic hydroxyl groups excluding tert-OH is 1. The normalized spacial score (nSPS) is 14.1. The third-order valence-electron chi connectivity index (χ3n) is 4.87. The summed E-state index contributed by atoms with van der Waals surface area (Å²) in [6, 6.07) is 7.50. The lowest BCUT2D eigenvalue weighted by atomic mass is 9.81. The first-order chi connectivity index (χ1) is 12.5. The molecule has 2 aromatic rings. The Hall–Kier alpha value is -2.66. The number of hydrogen-bond acceptors (Lipinski definition) is 5. The molecule has 0 saturated heterocycles. The molecule has 0 spiro atoms. The highest BCUT2D eigenvalue weighted by atomic mass is 16.3. The zero-order chi connectivity index (χ0) is 18.8. The molecule has 0 radical (unpaired) electrons. The molecule has 0 fully saturated rings. The SMILES string of the molecule is CCCCCCC(O)c1cc(O)c2c(c1O)C(=O)c1ccccc1C2=O. The van der Waals surface area contributed by atoms with Crippen molar-refractivity contribution in [2.75, 3.05) is 0 Å². The second-order valence-electron chi connectivity index (χ2n) is 6.65. The van der Waals surface area contributed by atoms with E-state index in [0.29, 0.717) is 6.42 Å². The number of phenolic OH excluding ortho intramolecular Hbond substituents is 2. The molecule has 26 heavy (non-hydrogen) atoms. The van der Waals surface area contributed by atoms with Crippen LogP contribution in [0.25, 0.3) is 0 Å². The van der Waals surface area contributed by atoms with E-state index in [1.807, 2.05) is 0 Å². The largest absolute Gasteiger partial charge is 0.507 e. The Labute approximate surface area is 151 Å². The molecule has 1 aliphatic rings. The number of carbonyl (C=O) groups is 2. The molecule has 0 heterocycles. The van der Waals surface area contributed by atoms with Crippen molar-refractivity contribution in [1.82, 2.24) is 0 Å². The van der Waals surface area contributed by atoms with Gasteiger partial charge in [-0.25, -0.2) is 0 Å². The maximum atomic E-state index is 12.8. The quantitative estimate of drug-likeness (QED) is 0.461. The van der Waals surface area contributed by atoms with E-state index in [0.717, 1.165) is 25.7 Å². The molecule has 0 saturated carbocycles. The number of rotatable bonds is 6. The number of unbranched alkanes of at least 4 members (excludes halogenated alkanes) is 3. The third-order valence-corrected chi connectivity index (χ3v) is 4.87. The highest BCUT2D eigenvalue weighted by Gasteiger charge is 2.36. The predicted octanol–water partition coefficient (Wildman–Crippen LogP) is 3.88. The Bertz CT molecular complexity index is 869. The van der Waals surface area contributed by atoms with Crippen molar-refractivity contribution in [3.63, 3.8) is 0 Å². The van der Waals surface area contributed by atoms with Gasteiger partial charge in [-0.1, -0.05) is 56.9 Å². The number of hydrogen-bond donors (Lipinski definition) is 3. The first-order valence-electron chi connectivity index (χ1n) is 8.92. The van der Waals surface area contributed by atoms with E-state index in [-0.39, 0.29) is 27.8 Å². The number of aromatic hydroxyl groups is 2. The molecule has 1 atom stereocenters. The summed E-state index contributed by atoms with van der Waals surface area (Å²) in [5, 5.41) is 31.3. The van der Waals surface area contributed by atoms with Crippen LogP contribution in [-0.2, 0) is 0 Å². The van der Waals surface area contributed by atoms with E-state index < -0.39 is 29.2 Å². The molecule has 1 unspecified atom stereocenters. The summed E-state index contributed by atoms with van der Waals surface area (Å²) >= 11 is 0. The highest BCUT2D eigenvalue weighted by molar-refractivity contribution is 6.30. The summed E-state index contributed by atoms with van der Waals surface area (Å²) in [5.41, 5.74) is 0.0459. The van der Waals surface area contributed by atoms with Crippen molar-refractivity contribution in [3.8, 4) is 11.5 Å². The minimum absolute atomic E-state index is 0.0817. The van der Waals surface area contributed by atoms with E-state index in [2.05, 4.69) is 6.92 Å². The molecule has 0 amide bonds. The first kappa shape index (κ1) is 18.1. The molecule has 5 heteroatoms. The third kappa shape index (κ3) is 2.99. The van der Waals surface area contributed by atoms with Crippen molar-refractivity contribution >= 4 is 11.6 Å². The van der Waals surface area contributed by atoms with Crippen LogP contribution in [0.5, 0.6) is 11.5 Å². The van der Waals surface area contributed by atoms with Crippen LogP contribution in [0.3, 0.4) is 0 Å². The summed E-state index contributed by atoms with van der Waals surface area (Å²) < 4.78 is 0. The Morgan fingerprint density at radius 2 is 1.54 bits per heavy atom. The van der Waals surface area contributed by atoms with Crippen molar-refractivity contribution in [2.24, 2.45) is 0 Å². The van der Waals surface area contributed by atoms with Crippen LogP contribution in [0.15, 0.2) is 30.3 Å². The maximum absolute atomic E-state index is 12.8. The topological polar surface area (TPSA) is 94.8 Å². The maximum Gasteiger partial charge on any atom is 0.198 e. The first-order valence-corrected chi connectivity index (χ1v) is 8.92. The number of aliphatic hydroxyl groups is 1. The van der Waals surface area contributed by atoms with Gasteiger partial charge < -0.3 is 15.3 Å². The van der Waals surface area contributed by atoms with Gasteiger partial charge in [-0.05, 0) is 12.5 Å². The summed E-state index contributed by atoms with van der Waals surface area (Å²) in [7, 11) is 0. The zero-order valence-electron chi connectivity index (χ0n) is 14.7. The number of ketones is 2. The summed E-state index contributed by atoms with van der Waals surface area (Å²) in [6.07, 6.45) is 3.24. The van der Waals surface area contributed by atoms with Crippen molar-refractivity contribution in [2.45, 2.75) is 45.1 Å². The van der Waals surface area contributed by atoms with Crippen LogP contribution in [0, 0.1) is 0 Å². The van der Waals surface area contributed by atoms with E-state index >= 15 is 0 Å². The van der Waals surface area contributed by atoms with Gasteiger partial charge in [-0.15, -0.1) is 0 Å². The van der Waals surface area contributed by atoms with Gasteiger partial charge in [0.1, 0.15) is 11.5 Å². The molecule has 5 nitrogen and oxygen atoms in total. The average molecular weight is 354 g/mol. The Balaban J connectivity index is 2.02. The molecule has 3 rings (SSSR count). The van der Waals surface area contributed by atoms with Gasteiger partial charge in [0, 0.05) is 16.7 Å². The second kappa shape index (κ2) is 7.30. The summed E-state index contributed by atoms with van der Waals surface area (Å²) in [4.78, 5) is 25.5. The highest BCUT2D eigenvalue weighted by Crippen LogP contribution is 2.42. The van der Waals surface area contributed by atoms with E-state index in [1.165, 1.54) is 18.2 Å². The second-order valence-corrected chi connectivity index (χ2v) is 6.65. The molecule has 1 aliphatic carbocycles. The minimum atomic E-state index is -1.01. The van der Waals surface area contributed by atoms with E-state index in [1.54, 1.807) is 12.1 Å². The number of phenols is 2. The lowest BCUT2D eigenvalue weighted by Gasteiger charge is -2.22. The molecule has 136 valence electrons. The number of carbonyl (C=O) groups excluding carboxylic acids is 2. The fourth-order valence-corrected chi connectivity index (χ4v) is 3.45. The van der Waals surface area contributed by atoms with Gasteiger partial charge in [-0.3, -0.25) is 9.59 Å². The van der Waals surface area contributed by atoms with Crippen molar-refractivity contribution in [3.05, 3.63) is 58.1 Å². The van der Waals surface area contributed by atoms with E-state index in [4.69, 9.17) is 0 Å². The fourth-order valence-electron chi connectivity index (χ4n) is 3.45. The van der Waals surface area contributed by atoms with Gasteiger partial charge in [0.15, 0.2) is 11.6 Å². The molecule has 2 aromatic carbocycles. The molecular weight excluding hydrogens is 332 g/mol. The zero-order valence-corrected chi connectivity index (χ0v) is 14.7. The smallest absolute Gasteiger partial charge is 0.198 e. The molecule has 3 N–H and O–H groups in total. The predicted molar refractivity (Wildman–Crippen MR) is 96.8 cm³/mol. The molecule has 0 aromatic heterocycles. The standard InChI is InChI=1S/C21H22O5/c1-2-3-4-5-10-15(22)14-11-16(23)17-18(21(14)26)20(25)13-9-7-6-8-12(13)19(17)24/h6-9,11,15,22-23,26H,2-5,10H2,1H3. The van der Waals surface area contributed by atoms with Crippen molar-refractivity contribution in [1.29, 1.82) is 0 Å². The summed E-state index contributed by atoms with van der Waals surface area (Å²) in [6.45, 7) is 2.09. The van der Waals surface area contributed by atoms with Crippen LogP contribution in [0.1, 0.15) is 82.5 Å². The Morgan fingerprint density at radius 1 is 0.923 bits per heavy atom. The van der Waals surface area contributed by atoms with Gasteiger partial charge in [0.25, 0.3) is 0 Å². The lowest BCUT2D eigenvalue weighted by Crippen LogP contribution is -2.22. The van der Waals surface area contributed by atoms with Crippen LogP contribution >= 0.6 is 0 Å². The molecule has 0 bridgehead atoms. The number of fused-ring (bicyclic) bond motifs is 2. The van der Waals surface area contributed by atoms with Crippen LogP contribution in [0.2, 0.25) is 0 Å².